The molecule has 4 rings (SSSR count). The summed E-state index contributed by atoms with van der Waals surface area (Å²) in [4.78, 5) is 23.7. The van der Waals surface area contributed by atoms with Crippen LogP contribution < -0.4 is 0 Å². The molecular formula is C17H20BrClN4O. The normalized spacial score (nSPS) is 26.2. The van der Waals surface area contributed by atoms with E-state index in [1.807, 2.05) is 6.92 Å². The largest absolute Gasteiger partial charge is 0.338 e. The van der Waals surface area contributed by atoms with Crippen molar-refractivity contribution < 1.29 is 4.79 Å². The van der Waals surface area contributed by atoms with E-state index in [1.165, 1.54) is 0 Å². The Hall–Kier alpha value is -1.14. The summed E-state index contributed by atoms with van der Waals surface area (Å²) >= 11 is 9.79. The maximum atomic E-state index is 12.7. The molecule has 0 N–H and O–H groups in total. The fraction of sp³-hybridized carbons (Fsp3) is 0.588. The third-order valence-electron chi connectivity index (χ3n) is 5.43. The van der Waals surface area contributed by atoms with Gasteiger partial charge in [0.15, 0.2) is 5.15 Å². The van der Waals surface area contributed by atoms with E-state index < -0.39 is 0 Å². The number of nitrogens with zero attached hydrogens (tertiary/aromatic N) is 4. The van der Waals surface area contributed by atoms with Crippen molar-refractivity contribution in [3.05, 3.63) is 27.5 Å². The Balaban J connectivity index is 1.75. The van der Waals surface area contributed by atoms with Crippen LogP contribution in [0.1, 0.15) is 50.5 Å². The summed E-state index contributed by atoms with van der Waals surface area (Å²) in [5, 5.41) is 0.443. The van der Waals surface area contributed by atoms with Crippen molar-refractivity contribution in [1.29, 1.82) is 0 Å². The molecule has 0 unspecified atom stereocenters. The highest BCUT2D eigenvalue weighted by Crippen LogP contribution is 2.43. The van der Waals surface area contributed by atoms with Gasteiger partial charge in [-0.05, 0) is 42.1 Å². The van der Waals surface area contributed by atoms with Crippen LogP contribution in [-0.2, 0) is 4.79 Å². The van der Waals surface area contributed by atoms with Crippen molar-refractivity contribution in [1.82, 2.24) is 19.3 Å². The Labute approximate surface area is 154 Å². The number of carbonyl (C=O) groups excluding carboxylic acids is 1. The molecule has 2 aliphatic rings. The zero-order chi connectivity index (χ0) is 17.2. The van der Waals surface area contributed by atoms with Crippen molar-refractivity contribution in [2.45, 2.75) is 52.0 Å². The van der Waals surface area contributed by atoms with Crippen LogP contribution in [0.15, 0.2) is 10.8 Å². The molecule has 2 aliphatic heterocycles. The first-order valence-electron chi connectivity index (χ1n) is 8.29. The number of amides is 1. The standard InChI is InChI=1S/C17H20BrClN4O/c1-9-7-20-14(19)12-13(18)21-15(23(9)12)10-4-5-11-6-17(2,3)16(24)22(11)8-10/h7,10-11H,4-6,8H2,1-3H3/t10-,11+/m0/s1. The Bertz CT molecular complexity index is 847. The first-order chi connectivity index (χ1) is 11.3. The number of imidazole rings is 1. The van der Waals surface area contributed by atoms with Gasteiger partial charge in [-0.25, -0.2) is 9.97 Å². The van der Waals surface area contributed by atoms with E-state index in [-0.39, 0.29) is 17.2 Å². The lowest BCUT2D eigenvalue weighted by molar-refractivity contribution is -0.136. The highest BCUT2D eigenvalue weighted by atomic mass is 79.9. The first kappa shape index (κ1) is 16.3. The second-order valence-electron chi connectivity index (χ2n) is 7.61. The molecule has 0 spiro atoms. The Morgan fingerprint density at radius 2 is 2.12 bits per heavy atom. The summed E-state index contributed by atoms with van der Waals surface area (Å²) < 4.78 is 2.80. The Morgan fingerprint density at radius 1 is 1.38 bits per heavy atom. The molecule has 128 valence electrons. The number of rotatable bonds is 1. The molecule has 2 aromatic heterocycles. The zero-order valence-electron chi connectivity index (χ0n) is 14.0. The third-order valence-corrected chi connectivity index (χ3v) is 6.26. The average molecular weight is 412 g/mol. The molecule has 0 aromatic carbocycles. The van der Waals surface area contributed by atoms with Crippen LogP contribution in [-0.4, -0.2) is 37.8 Å². The van der Waals surface area contributed by atoms with E-state index >= 15 is 0 Å². The maximum Gasteiger partial charge on any atom is 0.228 e. The molecular weight excluding hydrogens is 392 g/mol. The molecule has 2 saturated heterocycles. The summed E-state index contributed by atoms with van der Waals surface area (Å²) in [6, 6.07) is 0.379. The molecule has 0 saturated carbocycles. The van der Waals surface area contributed by atoms with Crippen molar-refractivity contribution in [2.24, 2.45) is 5.41 Å². The van der Waals surface area contributed by atoms with Crippen LogP contribution in [0.3, 0.4) is 0 Å². The van der Waals surface area contributed by atoms with E-state index in [4.69, 9.17) is 16.6 Å². The minimum Gasteiger partial charge on any atom is -0.338 e. The lowest BCUT2D eigenvalue weighted by Crippen LogP contribution is -2.42. The molecule has 24 heavy (non-hydrogen) atoms. The summed E-state index contributed by atoms with van der Waals surface area (Å²) in [5.74, 6) is 1.46. The second kappa shape index (κ2) is 5.43. The summed E-state index contributed by atoms with van der Waals surface area (Å²) in [6.45, 7) is 6.85. The van der Waals surface area contributed by atoms with E-state index in [0.29, 0.717) is 15.8 Å². The first-order valence-corrected chi connectivity index (χ1v) is 9.46. The molecule has 5 nitrogen and oxygen atoms in total. The van der Waals surface area contributed by atoms with Crippen LogP contribution >= 0.6 is 27.5 Å². The topological polar surface area (TPSA) is 50.5 Å². The predicted octanol–water partition coefficient (Wildman–Crippen LogP) is 3.96. The van der Waals surface area contributed by atoms with E-state index in [1.54, 1.807) is 6.20 Å². The zero-order valence-corrected chi connectivity index (χ0v) is 16.4. The Morgan fingerprint density at radius 3 is 2.88 bits per heavy atom. The molecule has 0 aliphatic carbocycles. The molecule has 1 amide bonds. The Kier molecular flexibility index (Phi) is 3.69. The summed E-state index contributed by atoms with van der Waals surface area (Å²) in [5.41, 5.74) is 1.57. The SMILES string of the molecule is Cc1cnc(Cl)c2c(Br)nc([C@H]3CC[C@@H]4CC(C)(C)C(=O)N4C3)n12. The van der Waals surface area contributed by atoms with Gasteiger partial charge in [-0.2, -0.15) is 0 Å². The van der Waals surface area contributed by atoms with E-state index in [2.05, 4.69) is 44.1 Å². The fourth-order valence-corrected chi connectivity index (χ4v) is 5.14. The molecule has 2 aromatic rings. The van der Waals surface area contributed by atoms with Crippen LogP contribution in [0.4, 0.5) is 0 Å². The minimum atomic E-state index is -0.238. The van der Waals surface area contributed by atoms with Crippen molar-refractivity contribution >= 4 is 39.0 Å². The van der Waals surface area contributed by atoms with Gasteiger partial charge >= 0.3 is 0 Å². The van der Waals surface area contributed by atoms with Gasteiger partial charge < -0.3 is 4.90 Å². The van der Waals surface area contributed by atoms with Gasteiger partial charge in [0.25, 0.3) is 0 Å². The van der Waals surface area contributed by atoms with Gasteiger partial charge in [0.05, 0.1) is 0 Å². The number of fused-ring (bicyclic) bond motifs is 2. The molecule has 4 heterocycles. The number of aromatic nitrogens is 3. The van der Waals surface area contributed by atoms with Gasteiger partial charge in [0.2, 0.25) is 5.91 Å². The number of halogens is 2. The van der Waals surface area contributed by atoms with Gasteiger partial charge in [-0.3, -0.25) is 9.20 Å². The van der Waals surface area contributed by atoms with Gasteiger partial charge in [-0.1, -0.05) is 25.4 Å². The van der Waals surface area contributed by atoms with Crippen LogP contribution in [0.2, 0.25) is 5.15 Å². The monoisotopic (exact) mass is 410 g/mol. The van der Waals surface area contributed by atoms with Crippen LogP contribution in [0.25, 0.3) is 5.52 Å². The quantitative estimate of drug-likeness (QED) is 0.714. The van der Waals surface area contributed by atoms with Crippen LogP contribution in [0.5, 0.6) is 0 Å². The number of carbonyl (C=O) groups is 1. The number of aryl methyl sites for hydroxylation is 1. The van der Waals surface area contributed by atoms with Crippen molar-refractivity contribution in [2.75, 3.05) is 6.54 Å². The highest BCUT2D eigenvalue weighted by molar-refractivity contribution is 9.10. The lowest BCUT2D eigenvalue weighted by atomic mass is 9.87. The average Bonchev–Trinajstić information content (AvgIpc) is 2.99. The maximum absolute atomic E-state index is 12.7. The summed E-state index contributed by atoms with van der Waals surface area (Å²) in [6.07, 6.45) is 4.79. The molecule has 2 atom stereocenters. The van der Waals surface area contributed by atoms with Gasteiger partial charge in [0, 0.05) is 35.8 Å². The molecule has 0 bridgehead atoms. The van der Waals surface area contributed by atoms with Crippen molar-refractivity contribution in [3.8, 4) is 0 Å². The molecule has 7 heteroatoms. The second-order valence-corrected chi connectivity index (χ2v) is 8.72. The van der Waals surface area contributed by atoms with Gasteiger partial charge in [0.1, 0.15) is 15.9 Å². The van der Waals surface area contributed by atoms with Gasteiger partial charge in [-0.15, -0.1) is 0 Å². The van der Waals surface area contributed by atoms with Crippen LogP contribution in [0, 0.1) is 12.3 Å². The fourth-order valence-electron chi connectivity index (χ4n) is 4.25. The minimum absolute atomic E-state index is 0.218. The smallest absolute Gasteiger partial charge is 0.228 e. The third kappa shape index (κ3) is 2.30. The van der Waals surface area contributed by atoms with Crippen molar-refractivity contribution in [3.63, 3.8) is 0 Å². The predicted molar refractivity (Wildman–Crippen MR) is 96.3 cm³/mol. The number of hydrogen-bond donors (Lipinski definition) is 0. The number of hydrogen-bond acceptors (Lipinski definition) is 3. The van der Waals surface area contributed by atoms with E-state index in [9.17, 15) is 4.79 Å². The molecule has 0 radical (unpaired) electrons. The van der Waals surface area contributed by atoms with E-state index in [0.717, 1.165) is 42.8 Å². The summed E-state index contributed by atoms with van der Waals surface area (Å²) in [7, 11) is 0. The lowest BCUT2D eigenvalue weighted by Gasteiger charge is -2.34. The molecule has 2 fully saturated rings. The highest BCUT2D eigenvalue weighted by Gasteiger charge is 2.48. The number of piperidine rings is 1.